The molecule has 1 heteroatoms. The van der Waals surface area contributed by atoms with E-state index < -0.39 is 0 Å². The Balaban J connectivity index is 2.03. The van der Waals surface area contributed by atoms with E-state index in [9.17, 15) is 0 Å². The summed E-state index contributed by atoms with van der Waals surface area (Å²) in [6, 6.07) is 0.637. The van der Waals surface area contributed by atoms with Crippen LogP contribution in [0.4, 0.5) is 0 Å². The molecule has 7 heavy (non-hydrogen) atoms. The van der Waals surface area contributed by atoms with Crippen molar-refractivity contribution < 1.29 is 0 Å². The summed E-state index contributed by atoms with van der Waals surface area (Å²) >= 11 is 0. The van der Waals surface area contributed by atoms with Gasteiger partial charge in [0.2, 0.25) is 0 Å². The van der Waals surface area contributed by atoms with E-state index in [2.05, 4.69) is 11.9 Å². The summed E-state index contributed by atoms with van der Waals surface area (Å²) in [7, 11) is 0. The molecule has 0 N–H and O–H groups in total. The van der Waals surface area contributed by atoms with Crippen molar-refractivity contribution in [2.24, 2.45) is 0 Å². The molecule has 1 saturated heterocycles. The molecule has 1 heterocycles. The van der Waals surface area contributed by atoms with Crippen LogP contribution in [0, 0.1) is 0 Å². The maximum Gasteiger partial charge on any atom is 0.0293 e. The third kappa shape index (κ3) is 1.03. The minimum atomic E-state index is 0.637. The molecule has 0 amide bonds. The lowest BCUT2D eigenvalue weighted by Gasteiger charge is -2.23. The van der Waals surface area contributed by atoms with Gasteiger partial charge in [0.05, 0.1) is 0 Å². The molecule has 1 aliphatic heterocycles. The minimum absolute atomic E-state index is 0.637. The van der Waals surface area contributed by atoms with Crippen LogP contribution in [0.15, 0.2) is 12.7 Å². The molecule has 1 unspecified atom stereocenters. The van der Waals surface area contributed by atoms with Crippen molar-refractivity contribution in [2.75, 3.05) is 6.54 Å². The van der Waals surface area contributed by atoms with Gasteiger partial charge in [0.1, 0.15) is 0 Å². The maximum absolute atomic E-state index is 4.19. The highest BCUT2D eigenvalue weighted by molar-refractivity contribution is 4.83. The van der Waals surface area contributed by atoms with E-state index in [0.29, 0.717) is 6.04 Å². The van der Waals surface area contributed by atoms with Gasteiger partial charge in [-0.1, -0.05) is 6.08 Å². The van der Waals surface area contributed by atoms with E-state index in [1.165, 1.54) is 6.42 Å². The first-order chi connectivity index (χ1) is 3.43. The molecule has 0 aliphatic carbocycles. The molecule has 0 aromatic rings. The maximum atomic E-state index is 4.19. The van der Waals surface area contributed by atoms with Gasteiger partial charge in [0.15, 0.2) is 0 Å². The van der Waals surface area contributed by atoms with Crippen LogP contribution in [0.1, 0.15) is 12.8 Å². The quantitative estimate of drug-likeness (QED) is 0.454. The molecule has 0 aromatic carbocycles. The van der Waals surface area contributed by atoms with Crippen LogP contribution in [-0.2, 0) is 0 Å². The first-order valence-corrected chi connectivity index (χ1v) is 2.71. The van der Waals surface area contributed by atoms with Crippen molar-refractivity contribution in [1.29, 1.82) is 0 Å². The SMILES string of the molecule is C=CCC1CC[N]1. The number of hydrogen-bond acceptors (Lipinski definition) is 0. The monoisotopic (exact) mass is 96.1 g/mol. The van der Waals surface area contributed by atoms with Gasteiger partial charge in [-0.2, -0.15) is 0 Å². The molecule has 1 atom stereocenters. The molecule has 0 saturated carbocycles. The summed E-state index contributed by atoms with van der Waals surface area (Å²) in [5.74, 6) is 0. The van der Waals surface area contributed by atoms with Gasteiger partial charge in [-0.15, -0.1) is 6.58 Å². The standard InChI is InChI=1S/C6H10N/c1-2-3-6-4-5-7-6/h2,6H,1,3-5H2. The lowest BCUT2D eigenvalue weighted by molar-refractivity contribution is 0.364. The molecule has 1 aliphatic rings. The number of hydrogen-bond donors (Lipinski definition) is 0. The average molecular weight is 96.2 g/mol. The van der Waals surface area contributed by atoms with Crippen LogP contribution < -0.4 is 5.32 Å². The Labute approximate surface area is 44.4 Å². The Morgan fingerprint density at radius 3 is 2.71 bits per heavy atom. The molecule has 1 rings (SSSR count). The van der Waals surface area contributed by atoms with Gasteiger partial charge in [-0.25, -0.2) is 5.32 Å². The first kappa shape index (κ1) is 4.85. The Morgan fingerprint density at radius 2 is 2.57 bits per heavy atom. The van der Waals surface area contributed by atoms with Crippen molar-refractivity contribution in [3.63, 3.8) is 0 Å². The molecule has 1 fully saturated rings. The van der Waals surface area contributed by atoms with Crippen LogP contribution in [0.5, 0.6) is 0 Å². The summed E-state index contributed by atoms with van der Waals surface area (Å²) in [6.45, 7) is 4.70. The van der Waals surface area contributed by atoms with Gasteiger partial charge in [-0.05, 0) is 12.8 Å². The smallest absolute Gasteiger partial charge is 0.0293 e. The lowest BCUT2D eigenvalue weighted by atomic mass is 10.0. The largest absolute Gasteiger partial charge is 0.238 e. The van der Waals surface area contributed by atoms with Crippen LogP contribution in [-0.4, -0.2) is 12.6 Å². The Morgan fingerprint density at radius 1 is 1.86 bits per heavy atom. The number of nitrogens with zero attached hydrogens (tertiary/aromatic N) is 1. The third-order valence-electron chi connectivity index (χ3n) is 1.29. The van der Waals surface area contributed by atoms with E-state index in [0.717, 1.165) is 13.0 Å². The fourth-order valence-corrected chi connectivity index (χ4v) is 0.696. The summed E-state index contributed by atoms with van der Waals surface area (Å²) < 4.78 is 0. The second kappa shape index (κ2) is 2.12. The Hall–Kier alpha value is -0.300. The van der Waals surface area contributed by atoms with Gasteiger partial charge in [0.25, 0.3) is 0 Å². The molecular weight excluding hydrogens is 86.1 g/mol. The fourth-order valence-electron chi connectivity index (χ4n) is 0.696. The predicted molar refractivity (Wildman–Crippen MR) is 30.2 cm³/mol. The Kier molecular flexibility index (Phi) is 1.47. The van der Waals surface area contributed by atoms with Gasteiger partial charge in [0, 0.05) is 12.6 Å². The van der Waals surface area contributed by atoms with E-state index in [1.807, 2.05) is 6.08 Å². The van der Waals surface area contributed by atoms with Crippen molar-refractivity contribution in [2.45, 2.75) is 18.9 Å². The summed E-state index contributed by atoms with van der Waals surface area (Å²) in [4.78, 5) is 0. The zero-order chi connectivity index (χ0) is 5.11. The van der Waals surface area contributed by atoms with Crippen molar-refractivity contribution in [3.8, 4) is 0 Å². The predicted octanol–water partition coefficient (Wildman–Crippen LogP) is 0.939. The van der Waals surface area contributed by atoms with Gasteiger partial charge >= 0.3 is 0 Å². The van der Waals surface area contributed by atoms with E-state index >= 15 is 0 Å². The van der Waals surface area contributed by atoms with Crippen LogP contribution in [0.3, 0.4) is 0 Å². The summed E-state index contributed by atoms with van der Waals surface area (Å²) in [5, 5.41) is 4.19. The van der Waals surface area contributed by atoms with Gasteiger partial charge < -0.3 is 0 Å². The lowest BCUT2D eigenvalue weighted by Crippen LogP contribution is -2.35. The second-order valence-corrected chi connectivity index (χ2v) is 1.87. The molecule has 0 bridgehead atoms. The fraction of sp³-hybridized carbons (Fsp3) is 0.667. The normalized spacial score (nSPS) is 28.9. The second-order valence-electron chi connectivity index (χ2n) is 1.87. The highest BCUT2D eigenvalue weighted by atomic mass is 15.0. The summed E-state index contributed by atoms with van der Waals surface area (Å²) in [5.41, 5.74) is 0. The third-order valence-corrected chi connectivity index (χ3v) is 1.29. The topological polar surface area (TPSA) is 14.1 Å². The van der Waals surface area contributed by atoms with Gasteiger partial charge in [-0.3, -0.25) is 0 Å². The van der Waals surface area contributed by atoms with Crippen molar-refractivity contribution in [3.05, 3.63) is 12.7 Å². The summed E-state index contributed by atoms with van der Waals surface area (Å²) in [6.07, 6.45) is 4.30. The molecular formula is C6H10N. The average Bonchev–Trinajstić information content (AvgIpc) is 1.55. The first-order valence-electron chi connectivity index (χ1n) is 2.71. The van der Waals surface area contributed by atoms with E-state index in [1.54, 1.807) is 0 Å². The zero-order valence-corrected chi connectivity index (χ0v) is 4.43. The Bertz CT molecular complexity index is 64.6. The highest BCUT2D eigenvalue weighted by Crippen LogP contribution is 2.07. The number of rotatable bonds is 2. The molecule has 39 valence electrons. The molecule has 1 nitrogen and oxygen atoms in total. The van der Waals surface area contributed by atoms with Crippen LogP contribution in [0.25, 0.3) is 0 Å². The van der Waals surface area contributed by atoms with Crippen molar-refractivity contribution >= 4 is 0 Å². The highest BCUT2D eigenvalue weighted by Gasteiger charge is 2.14. The molecule has 1 radical (unpaired) electrons. The van der Waals surface area contributed by atoms with Crippen molar-refractivity contribution in [1.82, 2.24) is 5.32 Å². The van der Waals surface area contributed by atoms with Crippen LogP contribution >= 0.6 is 0 Å². The minimum Gasteiger partial charge on any atom is -0.238 e. The molecule has 0 spiro atoms. The van der Waals surface area contributed by atoms with E-state index in [4.69, 9.17) is 0 Å². The zero-order valence-electron chi connectivity index (χ0n) is 4.43. The van der Waals surface area contributed by atoms with Crippen LogP contribution in [0.2, 0.25) is 0 Å². The molecule has 0 aromatic heterocycles. The van der Waals surface area contributed by atoms with E-state index in [-0.39, 0.29) is 0 Å².